The van der Waals surface area contributed by atoms with Crippen LogP contribution in [0.15, 0.2) is 91.6 Å². The molecule has 31 heavy (non-hydrogen) atoms. The van der Waals surface area contributed by atoms with Gasteiger partial charge in [0.1, 0.15) is 30.3 Å². The van der Waals surface area contributed by atoms with Gasteiger partial charge in [-0.15, -0.1) is 0 Å². The van der Waals surface area contributed by atoms with E-state index in [9.17, 15) is 4.79 Å². The molecule has 2 heterocycles. The number of nitrogens with one attached hydrogen (secondary N) is 1. The van der Waals surface area contributed by atoms with Crippen LogP contribution in [0.2, 0.25) is 0 Å². The maximum absolute atomic E-state index is 12.1. The summed E-state index contributed by atoms with van der Waals surface area (Å²) in [5.74, 6) is 1.91. The van der Waals surface area contributed by atoms with Crippen molar-refractivity contribution in [3.8, 4) is 17.3 Å². The second kappa shape index (κ2) is 10.1. The van der Waals surface area contributed by atoms with Gasteiger partial charge in [-0.2, -0.15) is 0 Å². The number of benzene rings is 2. The van der Waals surface area contributed by atoms with Crippen LogP contribution in [0.3, 0.4) is 0 Å². The Kier molecular flexibility index (Phi) is 6.54. The summed E-state index contributed by atoms with van der Waals surface area (Å²) in [7, 11) is 0. The Morgan fingerprint density at radius 2 is 1.68 bits per heavy atom. The van der Waals surface area contributed by atoms with Gasteiger partial charge in [0.2, 0.25) is 0 Å². The van der Waals surface area contributed by atoms with Gasteiger partial charge in [0, 0.05) is 25.1 Å². The summed E-state index contributed by atoms with van der Waals surface area (Å²) >= 11 is 0. The highest BCUT2D eigenvalue weighted by atomic mass is 16.5. The van der Waals surface area contributed by atoms with E-state index < -0.39 is 0 Å². The van der Waals surface area contributed by atoms with E-state index in [0.717, 1.165) is 22.7 Å². The molecule has 0 atom stereocenters. The minimum Gasteiger partial charge on any atom is -0.489 e. The van der Waals surface area contributed by atoms with Crippen molar-refractivity contribution in [1.29, 1.82) is 0 Å². The van der Waals surface area contributed by atoms with E-state index in [1.807, 2.05) is 65.4 Å². The molecule has 0 fully saturated rings. The number of ether oxygens (including phenoxy) is 2. The van der Waals surface area contributed by atoms with Crippen molar-refractivity contribution in [2.24, 2.45) is 0 Å². The van der Waals surface area contributed by atoms with E-state index in [2.05, 4.69) is 15.3 Å². The predicted octanol–water partition coefficient (Wildman–Crippen LogP) is 3.54. The topological polar surface area (TPSA) is 78.3 Å². The fourth-order valence-corrected chi connectivity index (χ4v) is 2.84. The zero-order valence-electron chi connectivity index (χ0n) is 16.8. The number of nitrogens with zero attached hydrogens (tertiary/aromatic N) is 3. The second-order valence-electron chi connectivity index (χ2n) is 6.81. The molecule has 0 saturated heterocycles. The Morgan fingerprint density at radius 1 is 0.903 bits per heavy atom. The molecular formula is C24H22N4O3. The molecule has 0 aliphatic rings. The summed E-state index contributed by atoms with van der Waals surface area (Å²) in [6.07, 6.45) is 6.93. The summed E-state index contributed by atoms with van der Waals surface area (Å²) < 4.78 is 13.1. The molecular weight excluding hydrogens is 392 g/mol. The molecule has 0 spiro atoms. The minimum atomic E-state index is -0.205. The number of pyridine rings is 1. The first-order valence-electron chi connectivity index (χ1n) is 9.86. The lowest BCUT2D eigenvalue weighted by atomic mass is 10.2. The van der Waals surface area contributed by atoms with Crippen molar-refractivity contribution in [2.75, 3.05) is 6.61 Å². The van der Waals surface area contributed by atoms with Crippen LogP contribution in [0.25, 0.3) is 5.82 Å². The summed E-state index contributed by atoms with van der Waals surface area (Å²) in [6.45, 7) is 0.818. The van der Waals surface area contributed by atoms with E-state index in [-0.39, 0.29) is 12.5 Å². The first-order valence-corrected chi connectivity index (χ1v) is 9.86. The van der Waals surface area contributed by atoms with Crippen molar-refractivity contribution >= 4 is 5.91 Å². The molecule has 0 unspecified atom stereocenters. The van der Waals surface area contributed by atoms with Gasteiger partial charge in [0.05, 0.1) is 0 Å². The fourth-order valence-electron chi connectivity index (χ4n) is 2.84. The zero-order valence-corrected chi connectivity index (χ0v) is 16.8. The first-order chi connectivity index (χ1) is 15.3. The van der Waals surface area contributed by atoms with Gasteiger partial charge in [0.15, 0.2) is 6.61 Å². The number of imidazole rings is 1. The first kappa shape index (κ1) is 20.2. The number of rotatable bonds is 9. The predicted molar refractivity (Wildman–Crippen MR) is 116 cm³/mol. The SMILES string of the molecule is O=C(COc1ccc(OCc2ccccc2)cc1)NCc1ccc(-n2ccnc2)nc1. The highest BCUT2D eigenvalue weighted by Gasteiger charge is 2.05. The maximum Gasteiger partial charge on any atom is 0.258 e. The molecule has 0 aliphatic heterocycles. The molecule has 156 valence electrons. The molecule has 4 aromatic rings. The van der Waals surface area contributed by atoms with Crippen LogP contribution in [0.5, 0.6) is 11.5 Å². The summed E-state index contributed by atoms with van der Waals surface area (Å²) in [5, 5.41) is 2.83. The second-order valence-corrected chi connectivity index (χ2v) is 6.81. The van der Waals surface area contributed by atoms with Crippen molar-refractivity contribution in [1.82, 2.24) is 19.9 Å². The number of carbonyl (C=O) groups excluding carboxylic acids is 1. The van der Waals surface area contributed by atoms with Crippen LogP contribution in [0.4, 0.5) is 0 Å². The van der Waals surface area contributed by atoms with Crippen LogP contribution in [-0.2, 0) is 17.9 Å². The monoisotopic (exact) mass is 414 g/mol. The van der Waals surface area contributed by atoms with Gasteiger partial charge in [0.25, 0.3) is 5.91 Å². The third-order valence-corrected chi connectivity index (χ3v) is 4.51. The molecule has 1 N–H and O–H groups in total. The molecule has 7 nitrogen and oxygen atoms in total. The van der Waals surface area contributed by atoms with E-state index in [1.54, 1.807) is 30.9 Å². The normalized spacial score (nSPS) is 10.5. The molecule has 1 amide bonds. The van der Waals surface area contributed by atoms with Crippen LogP contribution >= 0.6 is 0 Å². The number of aromatic nitrogens is 3. The van der Waals surface area contributed by atoms with E-state index in [4.69, 9.17) is 9.47 Å². The Labute approximate surface area is 180 Å². The molecule has 0 saturated carbocycles. The summed E-state index contributed by atoms with van der Waals surface area (Å²) in [4.78, 5) is 20.4. The lowest BCUT2D eigenvalue weighted by Gasteiger charge is -2.10. The average Bonchev–Trinajstić information content (AvgIpc) is 3.37. The molecule has 2 aromatic heterocycles. The average molecular weight is 414 g/mol. The van der Waals surface area contributed by atoms with Gasteiger partial charge in [-0.1, -0.05) is 36.4 Å². The Hall–Kier alpha value is -4.13. The van der Waals surface area contributed by atoms with E-state index in [0.29, 0.717) is 18.9 Å². The minimum absolute atomic E-state index is 0.0647. The molecule has 2 aromatic carbocycles. The Balaban J connectivity index is 1.19. The van der Waals surface area contributed by atoms with Gasteiger partial charge < -0.3 is 14.8 Å². The van der Waals surface area contributed by atoms with Crippen molar-refractivity contribution < 1.29 is 14.3 Å². The fraction of sp³-hybridized carbons (Fsp3) is 0.125. The molecule has 0 radical (unpaired) electrons. The quantitative estimate of drug-likeness (QED) is 0.453. The largest absolute Gasteiger partial charge is 0.489 e. The number of hydrogen-bond donors (Lipinski definition) is 1. The zero-order chi connectivity index (χ0) is 21.3. The van der Waals surface area contributed by atoms with Gasteiger partial charge in [-0.25, -0.2) is 9.97 Å². The lowest BCUT2D eigenvalue weighted by Crippen LogP contribution is -2.28. The standard InChI is InChI=1S/C24H22N4O3/c29-24(27-15-20-6-11-23(26-14-20)28-13-12-25-18-28)17-31-22-9-7-21(8-10-22)30-16-19-4-2-1-3-5-19/h1-14,18H,15-17H2,(H,27,29). The molecule has 0 bridgehead atoms. The van der Waals surface area contributed by atoms with Crippen LogP contribution in [-0.4, -0.2) is 27.0 Å². The molecule has 4 rings (SSSR count). The molecule has 0 aliphatic carbocycles. The summed E-state index contributed by atoms with van der Waals surface area (Å²) in [5.41, 5.74) is 2.00. The lowest BCUT2D eigenvalue weighted by molar-refractivity contribution is -0.123. The summed E-state index contributed by atoms with van der Waals surface area (Å²) in [6, 6.07) is 21.0. The van der Waals surface area contributed by atoms with Gasteiger partial charge in [-0.05, 0) is 41.5 Å². The van der Waals surface area contributed by atoms with Gasteiger partial charge >= 0.3 is 0 Å². The third kappa shape index (κ3) is 5.93. The number of hydrogen-bond acceptors (Lipinski definition) is 5. The highest BCUT2D eigenvalue weighted by Crippen LogP contribution is 2.18. The maximum atomic E-state index is 12.1. The molecule has 7 heteroatoms. The van der Waals surface area contributed by atoms with E-state index in [1.165, 1.54) is 0 Å². The third-order valence-electron chi connectivity index (χ3n) is 4.51. The van der Waals surface area contributed by atoms with Crippen molar-refractivity contribution in [3.63, 3.8) is 0 Å². The van der Waals surface area contributed by atoms with Crippen molar-refractivity contribution in [3.05, 3.63) is 103 Å². The highest BCUT2D eigenvalue weighted by molar-refractivity contribution is 5.77. The van der Waals surface area contributed by atoms with Crippen LogP contribution in [0.1, 0.15) is 11.1 Å². The number of carbonyl (C=O) groups is 1. The Morgan fingerprint density at radius 3 is 2.35 bits per heavy atom. The van der Waals surface area contributed by atoms with Gasteiger partial charge in [-0.3, -0.25) is 9.36 Å². The number of amides is 1. The smallest absolute Gasteiger partial charge is 0.258 e. The Bertz CT molecular complexity index is 1080. The van der Waals surface area contributed by atoms with Crippen LogP contribution in [0, 0.1) is 0 Å². The van der Waals surface area contributed by atoms with E-state index >= 15 is 0 Å². The van der Waals surface area contributed by atoms with Crippen molar-refractivity contribution in [2.45, 2.75) is 13.2 Å². The van der Waals surface area contributed by atoms with Crippen LogP contribution < -0.4 is 14.8 Å².